The van der Waals surface area contributed by atoms with Crippen molar-refractivity contribution in [2.75, 3.05) is 34.8 Å². The standard InChI is InChI=1S/C19H21N7O6/c20-18-24-13-12(15(28)25-18)23-10(7-22-13)6-21-9-3-1-8(2-4-9)14(27)26-19(17(31)32)5-11(19)16(29)30/h1-4,10-11,21,23H,5-7H2,(H,26,27)(H,29,30)(H,31,32)(H4,20,22,24,25,28)/t10?,11?,19-/m0/s1. The maximum absolute atomic E-state index is 12.4. The molecule has 0 spiro atoms. The van der Waals surface area contributed by atoms with Crippen molar-refractivity contribution < 1.29 is 24.6 Å². The number of anilines is 4. The first-order valence-electron chi connectivity index (χ1n) is 9.72. The molecular weight excluding hydrogens is 422 g/mol. The summed E-state index contributed by atoms with van der Waals surface area (Å²) in [5.41, 5.74) is 4.58. The number of H-pyrrole nitrogens is 1. The Morgan fingerprint density at radius 3 is 2.56 bits per heavy atom. The zero-order valence-electron chi connectivity index (χ0n) is 16.6. The third kappa shape index (κ3) is 3.87. The molecule has 2 heterocycles. The van der Waals surface area contributed by atoms with Gasteiger partial charge >= 0.3 is 11.9 Å². The third-order valence-corrected chi connectivity index (χ3v) is 5.48. The van der Waals surface area contributed by atoms with Crippen molar-refractivity contribution in [3.8, 4) is 0 Å². The van der Waals surface area contributed by atoms with Crippen molar-refractivity contribution in [2.45, 2.75) is 18.0 Å². The van der Waals surface area contributed by atoms with Crippen LogP contribution in [0.4, 0.5) is 23.1 Å². The first kappa shape index (κ1) is 21.0. The summed E-state index contributed by atoms with van der Waals surface area (Å²) in [6.45, 7) is 0.947. The molecule has 0 radical (unpaired) electrons. The Hall–Kier alpha value is -4.29. The fourth-order valence-electron chi connectivity index (χ4n) is 3.60. The number of aliphatic carboxylic acids is 2. The number of carboxylic acids is 2. The lowest BCUT2D eigenvalue weighted by atomic mass is 10.1. The number of aromatic amines is 1. The van der Waals surface area contributed by atoms with Crippen molar-refractivity contribution in [1.82, 2.24) is 15.3 Å². The Morgan fingerprint density at radius 2 is 1.94 bits per heavy atom. The molecule has 0 saturated heterocycles. The highest BCUT2D eigenvalue weighted by atomic mass is 16.4. The second-order valence-corrected chi connectivity index (χ2v) is 7.68. The van der Waals surface area contributed by atoms with Crippen molar-refractivity contribution >= 4 is 41.0 Å². The van der Waals surface area contributed by atoms with Gasteiger partial charge in [-0.1, -0.05) is 0 Å². The monoisotopic (exact) mass is 443 g/mol. The number of hydrogen-bond acceptors (Lipinski definition) is 9. The van der Waals surface area contributed by atoms with Crippen LogP contribution in [0.3, 0.4) is 0 Å². The number of rotatable bonds is 7. The molecule has 3 atom stereocenters. The molecule has 9 N–H and O–H groups in total. The number of carboxylic acid groups (broad SMARTS) is 2. The molecule has 168 valence electrons. The summed E-state index contributed by atoms with van der Waals surface area (Å²) in [6, 6.07) is 6.16. The van der Waals surface area contributed by atoms with Gasteiger partial charge in [-0.3, -0.25) is 19.4 Å². The predicted molar refractivity (Wildman–Crippen MR) is 114 cm³/mol. The Kier molecular flexibility index (Phi) is 5.08. The van der Waals surface area contributed by atoms with Crippen LogP contribution in [0.2, 0.25) is 0 Å². The minimum Gasteiger partial charge on any atom is -0.481 e. The quantitative estimate of drug-likeness (QED) is 0.269. The van der Waals surface area contributed by atoms with E-state index in [4.69, 9.17) is 10.8 Å². The molecule has 1 aromatic heterocycles. The molecule has 13 heteroatoms. The number of nitrogen functional groups attached to an aromatic ring is 1. The van der Waals surface area contributed by atoms with Crippen LogP contribution >= 0.6 is 0 Å². The molecule has 2 aliphatic rings. The minimum atomic E-state index is -1.77. The number of nitrogens with two attached hydrogens (primary N) is 1. The van der Waals surface area contributed by atoms with Gasteiger partial charge in [0.1, 0.15) is 5.69 Å². The largest absolute Gasteiger partial charge is 0.481 e. The molecule has 1 aliphatic heterocycles. The number of amides is 1. The van der Waals surface area contributed by atoms with Crippen LogP contribution in [0.15, 0.2) is 29.1 Å². The topological polar surface area (TPSA) is 212 Å². The van der Waals surface area contributed by atoms with Gasteiger partial charge in [-0.15, -0.1) is 0 Å². The van der Waals surface area contributed by atoms with Gasteiger partial charge in [-0.05, 0) is 30.7 Å². The average molecular weight is 443 g/mol. The highest BCUT2D eigenvalue weighted by molar-refractivity contribution is 6.02. The van der Waals surface area contributed by atoms with Gasteiger partial charge in [-0.25, -0.2) is 4.79 Å². The van der Waals surface area contributed by atoms with Gasteiger partial charge in [-0.2, -0.15) is 4.98 Å². The summed E-state index contributed by atoms with van der Waals surface area (Å²) in [7, 11) is 0. The van der Waals surface area contributed by atoms with E-state index in [1.807, 2.05) is 0 Å². The molecule has 2 unspecified atom stereocenters. The fraction of sp³-hybridized carbons (Fsp3) is 0.316. The van der Waals surface area contributed by atoms with E-state index in [2.05, 4.69) is 31.2 Å². The highest BCUT2D eigenvalue weighted by Crippen LogP contribution is 2.44. The molecule has 1 aromatic carbocycles. The number of aromatic nitrogens is 2. The molecule has 1 amide bonds. The molecule has 2 aromatic rings. The SMILES string of the molecule is Nc1nc2c(c(=O)[nH]1)NC(CNc1ccc(C(=O)N[C@@]3(C(=O)O)CC3C(=O)O)cc1)CN2. The second kappa shape index (κ2) is 7.76. The van der Waals surface area contributed by atoms with Crippen LogP contribution in [0.25, 0.3) is 0 Å². The number of fused-ring (bicyclic) bond motifs is 1. The lowest BCUT2D eigenvalue weighted by Crippen LogP contribution is -2.46. The Bertz CT molecular complexity index is 1150. The maximum atomic E-state index is 12.4. The van der Waals surface area contributed by atoms with Gasteiger partial charge < -0.3 is 37.2 Å². The van der Waals surface area contributed by atoms with E-state index < -0.39 is 29.3 Å². The van der Waals surface area contributed by atoms with Crippen LogP contribution in [0.5, 0.6) is 0 Å². The van der Waals surface area contributed by atoms with Gasteiger partial charge in [0, 0.05) is 24.3 Å². The van der Waals surface area contributed by atoms with E-state index in [0.717, 1.165) is 0 Å². The van der Waals surface area contributed by atoms with Gasteiger partial charge in [0.15, 0.2) is 11.4 Å². The summed E-state index contributed by atoms with van der Waals surface area (Å²) < 4.78 is 0. The van der Waals surface area contributed by atoms with Gasteiger partial charge in [0.05, 0.1) is 12.0 Å². The Morgan fingerprint density at radius 1 is 1.22 bits per heavy atom. The van der Waals surface area contributed by atoms with Crippen molar-refractivity contribution in [1.29, 1.82) is 0 Å². The van der Waals surface area contributed by atoms with Crippen LogP contribution in [0, 0.1) is 5.92 Å². The minimum absolute atomic E-state index is 0.0261. The van der Waals surface area contributed by atoms with E-state index in [9.17, 15) is 24.3 Å². The number of carbonyl (C=O) groups is 3. The van der Waals surface area contributed by atoms with Crippen molar-refractivity contribution in [2.24, 2.45) is 5.92 Å². The van der Waals surface area contributed by atoms with E-state index in [-0.39, 0.29) is 29.5 Å². The number of benzene rings is 1. The average Bonchev–Trinajstić information content (AvgIpc) is 3.49. The third-order valence-electron chi connectivity index (χ3n) is 5.48. The normalized spacial score (nSPS) is 23.1. The molecule has 32 heavy (non-hydrogen) atoms. The first-order chi connectivity index (χ1) is 15.2. The summed E-state index contributed by atoms with van der Waals surface area (Å²) in [6.07, 6.45) is -0.153. The molecule has 1 saturated carbocycles. The van der Waals surface area contributed by atoms with Gasteiger partial charge in [0.2, 0.25) is 5.95 Å². The lowest BCUT2D eigenvalue weighted by Gasteiger charge is -2.27. The summed E-state index contributed by atoms with van der Waals surface area (Å²) in [4.78, 5) is 53.4. The number of carbonyl (C=O) groups excluding carboxylic acids is 1. The molecule has 13 nitrogen and oxygen atoms in total. The van der Waals surface area contributed by atoms with E-state index in [1.54, 1.807) is 12.1 Å². The van der Waals surface area contributed by atoms with Crippen LogP contribution in [0.1, 0.15) is 16.8 Å². The molecule has 4 rings (SSSR count). The fourth-order valence-corrected chi connectivity index (χ4v) is 3.60. The van der Waals surface area contributed by atoms with E-state index in [0.29, 0.717) is 30.3 Å². The summed E-state index contributed by atoms with van der Waals surface area (Å²) in [5.74, 6) is -4.03. The van der Waals surface area contributed by atoms with Crippen molar-refractivity contribution in [3.05, 3.63) is 40.2 Å². The Labute approximate surface area is 180 Å². The van der Waals surface area contributed by atoms with E-state index >= 15 is 0 Å². The number of nitrogens with one attached hydrogen (secondary N) is 5. The zero-order valence-corrected chi connectivity index (χ0v) is 16.6. The first-order valence-corrected chi connectivity index (χ1v) is 9.72. The summed E-state index contributed by atoms with van der Waals surface area (Å²) in [5, 5.41) is 30.0. The molecule has 1 fully saturated rings. The number of nitrogens with zero attached hydrogens (tertiary/aromatic N) is 1. The maximum Gasteiger partial charge on any atom is 0.330 e. The number of hydrogen-bond donors (Lipinski definition) is 8. The Balaban J connectivity index is 1.34. The summed E-state index contributed by atoms with van der Waals surface area (Å²) >= 11 is 0. The molecular formula is C19H21N7O6. The lowest BCUT2D eigenvalue weighted by molar-refractivity contribution is -0.146. The molecule has 1 aliphatic carbocycles. The molecule has 0 bridgehead atoms. The second-order valence-electron chi connectivity index (χ2n) is 7.68. The van der Waals surface area contributed by atoms with Crippen LogP contribution in [-0.2, 0) is 9.59 Å². The van der Waals surface area contributed by atoms with E-state index in [1.165, 1.54) is 12.1 Å². The van der Waals surface area contributed by atoms with Gasteiger partial charge in [0.25, 0.3) is 11.5 Å². The predicted octanol–water partition coefficient (Wildman–Crippen LogP) is -0.672. The van der Waals surface area contributed by atoms with Crippen molar-refractivity contribution in [3.63, 3.8) is 0 Å². The smallest absolute Gasteiger partial charge is 0.330 e. The highest BCUT2D eigenvalue weighted by Gasteiger charge is 2.65. The van der Waals surface area contributed by atoms with Crippen LogP contribution < -0.4 is 32.6 Å². The van der Waals surface area contributed by atoms with Crippen LogP contribution in [-0.4, -0.2) is 62.7 Å². The zero-order chi connectivity index (χ0) is 23.0.